The lowest BCUT2D eigenvalue weighted by molar-refractivity contribution is -0.117. The van der Waals surface area contributed by atoms with Crippen LogP contribution in [0.25, 0.3) is 0 Å². The van der Waals surface area contributed by atoms with Gasteiger partial charge in [-0.3, -0.25) is 14.4 Å². The molecule has 3 aromatic rings. The lowest BCUT2D eigenvalue weighted by Crippen LogP contribution is -2.32. The summed E-state index contributed by atoms with van der Waals surface area (Å²) in [5, 5.41) is 2.88. The van der Waals surface area contributed by atoms with Gasteiger partial charge >= 0.3 is 0 Å². The Labute approximate surface area is 181 Å². The number of anilines is 1. The summed E-state index contributed by atoms with van der Waals surface area (Å²) >= 11 is 0. The van der Waals surface area contributed by atoms with Gasteiger partial charge in [0.1, 0.15) is 0 Å². The smallest absolute Gasteiger partial charge is 0.255 e. The lowest BCUT2D eigenvalue weighted by Gasteiger charge is -2.28. The summed E-state index contributed by atoms with van der Waals surface area (Å²) in [7, 11) is 0. The second-order valence-electron chi connectivity index (χ2n) is 7.91. The molecule has 0 saturated carbocycles. The number of fused-ring (bicyclic) bond motifs is 1. The zero-order valence-electron chi connectivity index (χ0n) is 17.6. The number of carbonyl (C=O) groups is 3. The minimum atomic E-state index is -0.392. The van der Waals surface area contributed by atoms with E-state index in [1.165, 1.54) is 6.92 Å². The third-order valence-corrected chi connectivity index (χ3v) is 5.62. The van der Waals surface area contributed by atoms with Crippen molar-refractivity contribution in [3.05, 3.63) is 101 Å². The zero-order chi connectivity index (χ0) is 22.0. The van der Waals surface area contributed by atoms with Crippen LogP contribution in [-0.2, 0) is 11.3 Å². The highest BCUT2D eigenvalue weighted by molar-refractivity contribution is 6.00. The number of amides is 2. The Morgan fingerprint density at radius 3 is 2.45 bits per heavy atom. The summed E-state index contributed by atoms with van der Waals surface area (Å²) < 4.78 is 0. The SMILES string of the molecule is CC(=O)c1cccc(NC(=O)C[C@H](c2ccc(C)cc2)N2Cc3ccccc3C2=O)c1. The molecule has 0 aromatic heterocycles. The maximum absolute atomic E-state index is 13.1. The van der Waals surface area contributed by atoms with E-state index in [0.29, 0.717) is 23.4 Å². The third kappa shape index (κ3) is 4.40. The van der Waals surface area contributed by atoms with Crippen LogP contribution in [0.15, 0.2) is 72.8 Å². The van der Waals surface area contributed by atoms with Crippen molar-refractivity contribution in [2.45, 2.75) is 32.9 Å². The Bertz CT molecular complexity index is 1150. The molecule has 31 heavy (non-hydrogen) atoms. The van der Waals surface area contributed by atoms with E-state index in [9.17, 15) is 14.4 Å². The van der Waals surface area contributed by atoms with Crippen molar-refractivity contribution in [2.24, 2.45) is 0 Å². The molecule has 1 atom stereocenters. The van der Waals surface area contributed by atoms with Crippen LogP contribution in [0.3, 0.4) is 0 Å². The van der Waals surface area contributed by atoms with E-state index < -0.39 is 6.04 Å². The summed E-state index contributed by atoms with van der Waals surface area (Å²) in [5.74, 6) is -0.336. The molecule has 0 aliphatic carbocycles. The van der Waals surface area contributed by atoms with E-state index >= 15 is 0 Å². The van der Waals surface area contributed by atoms with Crippen molar-refractivity contribution in [3.63, 3.8) is 0 Å². The molecule has 1 aliphatic rings. The number of ketones is 1. The van der Waals surface area contributed by atoms with Crippen molar-refractivity contribution in [1.29, 1.82) is 0 Å². The van der Waals surface area contributed by atoms with Gasteiger partial charge in [-0.1, -0.05) is 60.2 Å². The predicted molar refractivity (Wildman–Crippen MR) is 120 cm³/mol. The molecule has 0 bridgehead atoms. The minimum absolute atomic E-state index is 0.0611. The number of hydrogen-bond acceptors (Lipinski definition) is 3. The van der Waals surface area contributed by atoms with Crippen LogP contribution in [0.2, 0.25) is 0 Å². The van der Waals surface area contributed by atoms with Gasteiger partial charge in [0, 0.05) is 23.4 Å². The Morgan fingerprint density at radius 1 is 1.00 bits per heavy atom. The van der Waals surface area contributed by atoms with Gasteiger partial charge in [-0.05, 0) is 43.2 Å². The molecule has 0 saturated heterocycles. The highest BCUT2D eigenvalue weighted by Crippen LogP contribution is 2.33. The summed E-state index contributed by atoms with van der Waals surface area (Å²) in [4.78, 5) is 39.4. The fourth-order valence-electron chi connectivity index (χ4n) is 3.93. The molecule has 5 heteroatoms. The average molecular weight is 412 g/mol. The molecule has 4 rings (SSSR count). The highest BCUT2D eigenvalue weighted by atomic mass is 16.2. The summed E-state index contributed by atoms with van der Waals surface area (Å²) in [6, 6.07) is 22.0. The van der Waals surface area contributed by atoms with E-state index in [0.717, 1.165) is 16.7 Å². The second kappa shape index (κ2) is 8.56. The first-order chi connectivity index (χ1) is 14.9. The highest BCUT2D eigenvalue weighted by Gasteiger charge is 2.34. The number of benzene rings is 3. The fraction of sp³-hybridized carbons (Fsp3) is 0.192. The molecule has 0 radical (unpaired) electrons. The van der Waals surface area contributed by atoms with Gasteiger partial charge in [0.2, 0.25) is 5.91 Å². The van der Waals surface area contributed by atoms with E-state index in [1.54, 1.807) is 29.2 Å². The first-order valence-electron chi connectivity index (χ1n) is 10.3. The normalized spacial score (nSPS) is 13.6. The molecule has 5 nitrogen and oxygen atoms in total. The molecule has 2 amide bonds. The van der Waals surface area contributed by atoms with Crippen molar-refractivity contribution in [3.8, 4) is 0 Å². The monoisotopic (exact) mass is 412 g/mol. The maximum atomic E-state index is 13.1. The summed E-state index contributed by atoms with van der Waals surface area (Å²) in [5.41, 5.74) is 4.80. The van der Waals surface area contributed by atoms with Gasteiger partial charge in [0.25, 0.3) is 5.91 Å². The number of nitrogens with one attached hydrogen (secondary N) is 1. The van der Waals surface area contributed by atoms with Gasteiger partial charge < -0.3 is 10.2 Å². The number of nitrogens with zero attached hydrogens (tertiary/aromatic N) is 1. The molecule has 0 spiro atoms. The standard InChI is InChI=1S/C26H24N2O3/c1-17-10-12-19(13-11-17)24(28-16-21-6-3-4-9-23(21)26(28)31)15-25(30)27-22-8-5-7-20(14-22)18(2)29/h3-14,24H,15-16H2,1-2H3,(H,27,30)/t24-/m1/s1. The van der Waals surface area contributed by atoms with Crippen LogP contribution in [0.5, 0.6) is 0 Å². The largest absolute Gasteiger partial charge is 0.327 e. The zero-order valence-corrected chi connectivity index (χ0v) is 17.6. The van der Waals surface area contributed by atoms with Crippen LogP contribution in [0.4, 0.5) is 5.69 Å². The average Bonchev–Trinajstić information content (AvgIpc) is 3.09. The Hall–Kier alpha value is -3.73. The Morgan fingerprint density at radius 2 is 1.74 bits per heavy atom. The van der Waals surface area contributed by atoms with Crippen LogP contribution in [0.1, 0.15) is 56.8 Å². The summed E-state index contributed by atoms with van der Waals surface area (Å²) in [6.45, 7) is 3.97. The molecule has 1 N–H and O–H groups in total. The predicted octanol–water partition coefficient (Wildman–Crippen LogP) is 4.92. The number of hydrogen-bond donors (Lipinski definition) is 1. The third-order valence-electron chi connectivity index (χ3n) is 5.62. The van der Waals surface area contributed by atoms with Crippen LogP contribution in [0, 0.1) is 6.92 Å². The number of rotatable bonds is 6. The quantitative estimate of drug-likeness (QED) is 0.584. The Kier molecular flexibility index (Phi) is 5.67. The molecule has 1 heterocycles. The Balaban J connectivity index is 1.59. The van der Waals surface area contributed by atoms with Gasteiger partial charge in [-0.15, -0.1) is 0 Å². The first kappa shape index (κ1) is 20.5. The maximum Gasteiger partial charge on any atom is 0.255 e. The number of Topliss-reactive ketones (excluding diaryl/α,β-unsaturated/α-hetero) is 1. The van der Waals surface area contributed by atoms with Crippen molar-refractivity contribution in [1.82, 2.24) is 4.90 Å². The minimum Gasteiger partial charge on any atom is -0.327 e. The second-order valence-corrected chi connectivity index (χ2v) is 7.91. The molecule has 156 valence electrons. The molecule has 0 fully saturated rings. The van der Waals surface area contributed by atoms with Gasteiger partial charge in [0.05, 0.1) is 12.5 Å². The van der Waals surface area contributed by atoms with Gasteiger partial charge in [0.15, 0.2) is 5.78 Å². The van der Waals surface area contributed by atoms with Crippen LogP contribution >= 0.6 is 0 Å². The van der Waals surface area contributed by atoms with Crippen LogP contribution in [-0.4, -0.2) is 22.5 Å². The van der Waals surface area contributed by atoms with Crippen molar-refractivity contribution >= 4 is 23.3 Å². The fourth-order valence-corrected chi connectivity index (χ4v) is 3.93. The van der Waals surface area contributed by atoms with Gasteiger partial charge in [-0.25, -0.2) is 0 Å². The van der Waals surface area contributed by atoms with E-state index in [-0.39, 0.29) is 24.0 Å². The molecular formula is C26H24N2O3. The van der Waals surface area contributed by atoms with E-state index in [4.69, 9.17) is 0 Å². The molecular weight excluding hydrogens is 388 g/mol. The lowest BCUT2D eigenvalue weighted by atomic mass is 10.00. The molecule has 0 unspecified atom stereocenters. The van der Waals surface area contributed by atoms with Crippen LogP contribution < -0.4 is 5.32 Å². The molecule has 1 aliphatic heterocycles. The first-order valence-corrected chi connectivity index (χ1v) is 10.3. The van der Waals surface area contributed by atoms with E-state index in [1.807, 2.05) is 55.5 Å². The number of aryl methyl sites for hydroxylation is 1. The van der Waals surface area contributed by atoms with Crippen molar-refractivity contribution < 1.29 is 14.4 Å². The van der Waals surface area contributed by atoms with Gasteiger partial charge in [-0.2, -0.15) is 0 Å². The summed E-state index contributed by atoms with van der Waals surface area (Å²) in [6.07, 6.45) is 0.118. The van der Waals surface area contributed by atoms with Crippen molar-refractivity contribution in [2.75, 3.05) is 5.32 Å². The molecule has 3 aromatic carbocycles. The number of carbonyl (C=O) groups excluding carboxylic acids is 3. The topological polar surface area (TPSA) is 66.5 Å². The van der Waals surface area contributed by atoms with E-state index in [2.05, 4.69) is 5.32 Å².